The van der Waals surface area contributed by atoms with Gasteiger partial charge in [0.1, 0.15) is 22.8 Å². The van der Waals surface area contributed by atoms with Gasteiger partial charge < -0.3 is 9.47 Å². The normalized spacial score (nSPS) is 16.8. The molecule has 0 N–H and O–H groups in total. The maximum Gasteiger partial charge on any atom is 0.308 e. The van der Waals surface area contributed by atoms with Gasteiger partial charge in [-0.05, 0) is 75.3 Å². The number of hydrogen-bond donors (Lipinski definition) is 0. The largest absolute Gasteiger partial charge is 0.487 e. The van der Waals surface area contributed by atoms with E-state index in [2.05, 4.69) is 65.8 Å². The van der Waals surface area contributed by atoms with Gasteiger partial charge in [0.25, 0.3) is 0 Å². The topological polar surface area (TPSA) is 66.2 Å². The van der Waals surface area contributed by atoms with E-state index in [4.69, 9.17) is 19.8 Å². The molecule has 3 aromatic carbocycles. The fourth-order valence-corrected chi connectivity index (χ4v) is 7.83. The third-order valence-corrected chi connectivity index (χ3v) is 11.1. The van der Waals surface area contributed by atoms with Crippen LogP contribution in [0.4, 0.5) is 0 Å². The Hall–Kier alpha value is -3.93. The molecule has 6 heteroatoms. The summed E-state index contributed by atoms with van der Waals surface area (Å²) in [7, 11) is 0. The molecule has 3 atom stereocenters. The zero-order chi connectivity index (χ0) is 36.5. The van der Waals surface area contributed by atoms with E-state index in [9.17, 15) is 4.79 Å². The first-order valence-electron chi connectivity index (χ1n) is 19.5. The molecular weight excluding hydrogens is 631 g/mol. The molecule has 0 saturated carbocycles. The van der Waals surface area contributed by atoms with E-state index in [-0.39, 0.29) is 11.6 Å². The van der Waals surface area contributed by atoms with Crippen molar-refractivity contribution in [3.63, 3.8) is 0 Å². The molecule has 51 heavy (non-hydrogen) atoms. The van der Waals surface area contributed by atoms with Gasteiger partial charge in [-0.15, -0.1) is 5.10 Å². The molecule has 4 aromatic rings. The van der Waals surface area contributed by atoms with E-state index < -0.39 is 0 Å². The van der Waals surface area contributed by atoms with Gasteiger partial charge >= 0.3 is 5.97 Å². The first-order valence-corrected chi connectivity index (χ1v) is 19.5. The van der Waals surface area contributed by atoms with Crippen LogP contribution >= 0.6 is 0 Å². The molecule has 5 rings (SSSR count). The predicted octanol–water partition coefficient (Wildman–Crippen LogP) is 11.7. The molecule has 1 aliphatic heterocycles. The third kappa shape index (κ3) is 9.90. The van der Waals surface area contributed by atoms with Gasteiger partial charge in [0.2, 0.25) is 0 Å². The minimum atomic E-state index is -0.332. The number of ether oxygens (including phenoxy) is 2. The second kappa shape index (κ2) is 17.5. The van der Waals surface area contributed by atoms with Crippen molar-refractivity contribution in [3.05, 3.63) is 82.9 Å². The lowest BCUT2D eigenvalue weighted by Crippen LogP contribution is -2.37. The smallest absolute Gasteiger partial charge is 0.308 e. The van der Waals surface area contributed by atoms with E-state index in [0.717, 1.165) is 94.0 Å². The zero-order valence-corrected chi connectivity index (χ0v) is 32.6. The molecule has 0 saturated heterocycles. The van der Waals surface area contributed by atoms with E-state index in [0.29, 0.717) is 12.3 Å². The number of rotatable bonds is 17. The van der Waals surface area contributed by atoms with Crippen LogP contribution in [0.5, 0.6) is 11.5 Å². The van der Waals surface area contributed by atoms with Gasteiger partial charge in [0.15, 0.2) is 0 Å². The standard InChI is InChI=1S/C45H61N3O3/c1-31(2)18-15-19-32(3)20-16-21-33(4)22-17-28-45(8)29-27-39-40(43(50-36(7)49)34(5)35(6)44(39)51-45)30-48-42(38-25-13-10-14-26-38)41(46-47-48)37-23-11-9-12-24-37/h9-14,23-26,31-33H,15-22,27-30H2,1-8H3. The summed E-state index contributed by atoms with van der Waals surface area (Å²) in [6.45, 7) is 17.8. The fraction of sp³-hybridized carbons (Fsp3) is 0.533. The SMILES string of the molecule is CC(=O)Oc1c(C)c(C)c2c(c1Cn1nnc(-c3ccccc3)c1-c1ccccc1)CCC(C)(CCCC(C)CCCC(C)CCCC(C)C)O2. The molecular formula is C45H61N3O3. The summed E-state index contributed by atoms with van der Waals surface area (Å²) in [5, 5.41) is 9.40. The molecule has 6 nitrogen and oxygen atoms in total. The minimum Gasteiger partial charge on any atom is -0.487 e. The summed E-state index contributed by atoms with van der Waals surface area (Å²) in [6.07, 6.45) is 13.3. The third-order valence-electron chi connectivity index (χ3n) is 11.1. The lowest BCUT2D eigenvalue weighted by atomic mass is 9.83. The van der Waals surface area contributed by atoms with Crippen LogP contribution in [0.3, 0.4) is 0 Å². The lowest BCUT2D eigenvalue weighted by molar-refractivity contribution is -0.132. The van der Waals surface area contributed by atoms with Crippen LogP contribution < -0.4 is 9.47 Å². The van der Waals surface area contributed by atoms with Gasteiger partial charge in [0, 0.05) is 29.2 Å². The van der Waals surface area contributed by atoms with Crippen LogP contribution in [0.1, 0.15) is 128 Å². The van der Waals surface area contributed by atoms with Crippen LogP contribution in [-0.2, 0) is 17.8 Å². The van der Waals surface area contributed by atoms with Crippen molar-refractivity contribution < 1.29 is 14.3 Å². The van der Waals surface area contributed by atoms with Gasteiger partial charge in [-0.1, -0.05) is 139 Å². The van der Waals surface area contributed by atoms with Crippen LogP contribution in [0.2, 0.25) is 0 Å². The summed E-state index contributed by atoms with van der Waals surface area (Å²) in [6, 6.07) is 20.5. The quantitative estimate of drug-likeness (QED) is 0.0814. The second-order valence-electron chi connectivity index (χ2n) is 16.0. The number of fused-ring (bicyclic) bond motifs is 1. The number of carbonyl (C=O) groups excluding carboxylic acids is 1. The highest BCUT2D eigenvalue weighted by Crippen LogP contribution is 2.46. The summed E-state index contributed by atoms with van der Waals surface area (Å²) in [5.41, 5.74) is 7.57. The molecule has 0 spiro atoms. The Balaban J connectivity index is 1.34. The van der Waals surface area contributed by atoms with E-state index in [1.54, 1.807) is 0 Å². The molecule has 0 bridgehead atoms. The first-order chi connectivity index (χ1) is 24.5. The Labute approximate surface area is 307 Å². The summed E-state index contributed by atoms with van der Waals surface area (Å²) in [5.74, 6) is 3.61. The Morgan fingerprint density at radius 3 is 2.04 bits per heavy atom. The van der Waals surface area contributed by atoms with Crippen molar-refractivity contribution in [3.8, 4) is 34.0 Å². The van der Waals surface area contributed by atoms with Gasteiger partial charge in [-0.25, -0.2) is 4.68 Å². The summed E-state index contributed by atoms with van der Waals surface area (Å²) >= 11 is 0. The van der Waals surface area contributed by atoms with Crippen molar-refractivity contribution in [1.29, 1.82) is 0 Å². The lowest BCUT2D eigenvalue weighted by Gasteiger charge is -2.39. The monoisotopic (exact) mass is 691 g/mol. The highest BCUT2D eigenvalue weighted by molar-refractivity contribution is 5.78. The Morgan fingerprint density at radius 1 is 0.843 bits per heavy atom. The molecule has 0 radical (unpaired) electrons. The Kier molecular flexibility index (Phi) is 13.2. The molecule has 0 amide bonds. The number of aromatic nitrogens is 3. The highest BCUT2D eigenvalue weighted by Gasteiger charge is 2.36. The van der Waals surface area contributed by atoms with Crippen LogP contribution in [0.25, 0.3) is 22.5 Å². The number of carbonyl (C=O) groups is 1. The Morgan fingerprint density at radius 2 is 1.43 bits per heavy atom. The van der Waals surface area contributed by atoms with Crippen molar-refractivity contribution in [2.75, 3.05) is 0 Å². The molecule has 0 fully saturated rings. The van der Waals surface area contributed by atoms with E-state index >= 15 is 0 Å². The fourth-order valence-electron chi connectivity index (χ4n) is 7.83. The summed E-state index contributed by atoms with van der Waals surface area (Å²) in [4.78, 5) is 12.5. The number of benzene rings is 3. The zero-order valence-electron chi connectivity index (χ0n) is 32.6. The van der Waals surface area contributed by atoms with E-state index in [1.165, 1.54) is 51.9 Å². The molecule has 1 aromatic heterocycles. The van der Waals surface area contributed by atoms with Gasteiger partial charge in [0.05, 0.1) is 12.2 Å². The van der Waals surface area contributed by atoms with Crippen LogP contribution in [0.15, 0.2) is 60.7 Å². The average molecular weight is 692 g/mol. The number of hydrogen-bond acceptors (Lipinski definition) is 5. The molecule has 3 unspecified atom stereocenters. The number of esters is 1. The van der Waals surface area contributed by atoms with Gasteiger partial charge in [-0.2, -0.15) is 0 Å². The minimum absolute atomic E-state index is 0.238. The number of nitrogens with zero attached hydrogens (tertiary/aromatic N) is 3. The van der Waals surface area contributed by atoms with Gasteiger partial charge in [-0.3, -0.25) is 4.79 Å². The Bertz CT molecular complexity index is 1730. The van der Waals surface area contributed by atoms with Crippen LogP contribution in [0, 0.1) is 31.6 Å². The van der Waals surface area contributed by atoms with Crippen molar-refractivity contribution >= 4 is 5.97 Å². The predicted molar refractivity (Wildman–Crippen MR) is 209 cm³/mol. The maximum absolute atomic E-state index is 12.5. The average Bonchev–Trinajstić information content (AvgIpc) is 3.52. The summed E-state index contributed by atoms with van der Waals surface area (Å²) < 4.78 is 15.0. The maximum atomic E-state index is 12.5. The molecule has 0 aliphatic carbocycles. The van der Waals surface area contributed by atoms with Crippen molar-refractivity contribution in [1.82, 2.24) is 15.0 Å². The van der Waals surface area contributed by atoms with Crippen molar-refractivity contribution in [2.45, 2.75) is 138 Å². The second-order valence-corrected chi connectivity index (χ2v) is 16.0. The van der Waals surface area contributed by atoms with Crippen molar-refractivity contribution in [2.24, 2.45) is 17.8 Å². The van der Waals surface area contributed by atoms with E-state index in [1.807, 2.05) is 48.0 Å². The van der Waals surface area contributed by atoms with Crippen LogP contribution in [-0.4, -0.2) is 26.6 Å². The molecule has 274 valence electrons. The molecule has 2 heterocycles. The molecule has 1 aliphatic rings. The first kappa shape index (κ1) is 38.3. The highest BCUT2D eigenvalue weighted by atomic mass is 16.5.